The molecule has 0 aromatic rings. The van der Waals surface area contributed by atoms with E-state index in [0.717, 1.165) is 44.4 Å². The van der Waals surface area contributed by atoms with Crippen LogP contribution in [0.3, 0.4) is 0 Å². The molecule has 1 amide bonds. The normalized spacial score (nSPS) is 32.2. The molecule has 2 unspecified atom stereocenters. The van der Waals surface area contributed by atoms with Gasteiger partial charge in [-0.15, -0.1) is 0 Å². The Balaban J connectivity index is 1.78. The second-order valence-corrected chi connectivity index (χ2v) is 4.44. The highest BCUT2D eigenvalue weighted by molar-refractivity contribution is 5.47. The number of rotatable bonds is 4. The first kappa shape index (κ1) is 9.93. The monoisotopic (exact) mass is 197 g/mol. The molecule has 0 saturated carbocycles. The van der Waals surface area contributed by atoms with Gasteiger partial charge in [-0.1, -0.05) is 0 Å². The van der Waals surface area contributed by atoms with E-state index in [4.69, 9.17) is 0 Å². The summed E-state index contributed by atoms with van der Waals surface area (Å²) in [5.74, 6) is 1.47. The average molecular weight is 197 g/mol. The molecule has 2 saturated heterocycles. The van der Waals surface area contributed by atoms with Crippen LogP contribution in [0.25, 0.3) is 0 Å². The summed E-state index contributed by atoms with van der Waals surface area (Å²) in [6.45, 7) is 6.52. The zero-order chi connectivity index (χ0) is 9.97. The molecule has 0 radical (unpaired) electrons. The maximum Gasteiger partial charge on any atom is 0.209 e. The van der Waals surface area contributed by atoms with Gasteiger partial charge >= 0.3 is 0 Å². The van der Waals surface area contributed by atoms with E-state index >= 15 is 0 Å². The van der Waals surface area contributed by atoms with Crippen LogP contribution < -0.4 is 5.32 Å². The number of hydrogen-bond acceptors (Lipinski definition) is 3. The summed E-state index contributed by atoms with van der Waals surface area (Å²) in [5, 5.41) is 3.17. The van der Waals surface area contributed by atoms with Crippen molar-refractivity contribution in [1.29, 1.82) is 0 Å². The van der Waals surface area contributed by atoms with Gasteiger partial charge in [0.05, 0.1) is 0 Å². The minimum Gasteiger partial charge on any atom is -0.345 e. The number of carbonyl (C=O) groups excluding carboxylic acids is 1. The summed E-state index contributed by atoms with van der Waals surface area (Å²) in [7, 11) is 1.99. The molecule has 2 atom stereocenters. The molecule has 2 heterocycles. The molecule has 1 N–H and O–H groups in total. The molecular formula is C10H19N3O. The van der Waals surface area contributed by atoms with Crippen molar-refractivity contribution in [1.82, 2.24) is 15.1 Å². The number of nitrogens with one attached hydrogen (secondary N) is 1. The van der Waals surface area contributed by atoms with Crippen LogP contribution in [-0.2, 0) is 4.79 Å². The first-order valence-corrected chi connectivity index (χ1v) is 5.39. The lowest BCUT2D eigenvalue weighted by molar-refractivity contribution is -0.117. The zero-order valence-corrected chi connectivity index (χ0v) is 8.78. The third-order valence-electron chi connectivity index (χ3n) is 3.42. The number of carbonyl (C=O) groups is 1. The Morgan fingerprint density at radius 3 is 2.43 bits per heavy atom. The first-order chi connectivity index (χ1) is 6.83. The summed E-state index contributed by atoms with van der Waals surface area (Å²) in [6.07, 6.45) is 0.996. The highest BCUT2D eigenvalue weighted by atomic mass is 16.1. The van der Waals surface area contributed by atoms with Gasteiger partial charge in [0.1, 0.15) is 0 Å². The molecule has 0 aromatic carbocycles. The van der Waals surface area contributed by atoms with E-state index in [0.29, 0.717) is 0 Å². The predicted octanol–water partition coefficient (Wildman–Crippen LogP) is -0.774. The van der Waals surface area contributed by atoms with Crippen molar-refractivity contribution in [2.24, 2.45) is 11.8 Å². The largest absolute Gasteiger partial charge is 0.345 e. The minimum absolute atomic E-state index is 0.733. The molecule has 4 heteroatoms. The summed E-state index contributed by atoms with van der Waals surface area (Å²) in [5.41, 5.74) is 0. The van der Waals surface area contributed by atoms with E-state index in [1.807, 2.05) is 11.9 Å². The van der Waals surface area contributed by atoms with Gasteiger partial charge in [0.2, 0.25) is 6.41 Å². The Morgan fingerprint density at radius 1 is 1.29 bits per heavy atom. The molecule has 0 spiro atoms. The van der Waals surface area contributed by atoms with Crippen molar-refractivity contribution in [3.8, 4) is 0 Å². The third-order valence-corrected chi connectivity index (χ3v) is 3.42. The van der Waals surface area contributed by atoms with Crippen molar-refractivity contribution in [2.75, 3.05) is 46.3 Å². The van der Waals surface area contributed by atoms with E-state index in [1.54, 1.807) is 0 Å². The van der Waals surface area contributed by atoms with Crippen LogP contribution in [0.5, 0.6) is 0 Å². The van der Waals surface area contributed by atoms with Crippen molar-refractivity contribution < 1.29 is 4.79 Å². The molecule has 14 heavy (non-hydrogen) atoms. The van der Waals surface area contributed by atoms with Crippen LogP contribution in [0.4, 0.5) is 0 Å². The molecule has 0 aromatic heterocycles. The lowest BCUT2D eigenvalue weighted by Crippen LogP contribution is -2.32. The second-order valence-electron chi connectivity index (χ2n) is 4.44. The van der Waals surface area contributed by atoms with Gasteiger partial charge in [-0.05, 0) is 18.9 Å². The molecule has 2 aliphatic heterocycles. The fraction of sp³-hybridized carbons (Fsp3) is 0.900. The van der Waals surface area contributed by atoms with Crippen LogP contribution in [0.15, 0.2) is 0 Å². The number of likely N-dealkylation sites (N-methyl/N-ethyl adjacent to an activating group) is 1. The van der Waals surface area contributed by atoms with Gasteiger partial charge in [-0.2, -0.15) is 0 Å². The maximum absolute atomic E-state index is 10.6. The quantitative estimate of drug-likeness (QED) is 0.601. The topological polar surface area (TPSA) is 35.6 Å². The fourth-order valence-corrected chi connectivity index (χ4v) is 2.67. The SMILES string of the molecule is CNCCN1CC2CN(C=O)CC2C1. The summed E-state index contributed by atoms with van der Waals surface area (Å²) < 4.78 is 0. The van der Waals surface area contributed by atoms with Crippen molar-refractivity contribution in [2.45, 2.75) is 0 Å². The second kappa shape index (κ2) is 4.28. The van der Waals surface area contributed by atoms with Crippen LogP contribution in [0.1, 0.15) is 0 Å². The van der Waals surface area contributed by atoms with E-state index in [1.165, 1.54) is 13.1 Å². The van der Waals surface area contributed by atoms with Crippen molar-refractivity contribution >= 4 is 6.41 Å². The van der Waals surface area contributed by atoms with Gasteiger partial charge in [-0.25, -0.2) is 0 Å². The Labute approximate surface area is 85.2 Å². The van der Waals surface area contributed by atoms with Gasteiger partial charge < -0.3 is 15.1 Å². The predicted molar refractivity (Wildman–Crippen MR) is 55.0 cm³/mol. The van der Waals surface area contributed by atoms with Crippen LogP contribution >= 0.6 is 0 Å². The van der Waals surface area contributed by atoms with Gasteiger partial charge in [0.25, 0.3) is 0 Å². The number of nitrogens with zero attached hydrogens (tertiary/aromatic N) is 2. The van der Waals surface area contributed by atoms with Gasteiger partial charge in [-0.3, -0.25) is 4.79 Å². The lowest BCUT2D eigenvalue weighted by Gasteiger charge is -2.18. The minimum atomic E-state index is 0.733. The molecule has 0 bridgehead atoms. The Bertz CT molecular complexity index is 196. The van der Waals surface area contributed by atoms with E-state index < -0.39 is 0 Å². The van der Waals surface area contributed by atoms with E-state index in [9.17, 15) is 4.79 Å². The molecule has 2 rings (SSSR count). The summed E-state index contributed by atoms with van der Waals surface area (Å²) >= 11 is 0. The zero-order valence-electron chi connectivity index (χ0n) is 8.78. The van der Waals surface area contributed by atoms with Crippen LogP contribution in [0.2, 0.25) is 0 Å². The smallest absolute Gasteiger partial charge is 0.209 e. The first-order valence-electron chi connectivity index (χ1n) is 5.39. The fourth-order valence-electron chi connectivity index (χ4n) is 2.67. The van der Waals surface area contributed by atoms with E-state index in [-0.39, 0.29) is 0 Å². The summed E-state index contributed by atoms with van der Waals surface area (Å²) in [6, 6.07) is 0. The molecule has 2 fully saturated rings. The number of likely N-dealkylation sites (tertiary alicyclic amines) is 2. The Hall–Kier alpha value is -0.610. The lowest BCUT2D eigenvalue weighted by atomic mass is 10.0. The highest BCUT2D eigenvalue weighted by Crippen LogP contribution is 2.29. The highest BCUT2D eigenvalue weighted by Gasteiger charge is 2.38. The van der Waals surface area contributed by atoms with Gasteiger partial charge in [0.15, 0.2) is 0 Å². The van der Waals surface area contributed by atoms with Crippen LogP contribution in [-0.4, -0.2) is 62.5 Å². The molecule has 0 aliphatic carbocycles. The Morgan fingerprint density at radius 2 is 1.93 bits per heavy atom. The molecule has 80 valence electrons. The van der Waals surface area contributed by atoms with Crippen molar-refractivity contribution in [3.63, 3.8) is 0 Å². The molecule has 2 aliphatic rings. The van der Waals surface area contributed by atoms with Crippen LogP contribution in [0, 0.1) is 11.8 Å². The number of amides is 1. The third kappa shape index (κ3) is 1.91. The van der Waals surface area contributed by atoms with Gasteiger partial charge in [0, 0.05) is 39.3 Å². The molecular weight excluding hydrogens is 178 g/mol. The molecule has 4 nitrogen and oxygen atoms in total. The maximum atomic E-state index is 10.6. The number of hydrogen-bond donors (Lipinski definition) is 1. The Kier molecular flexibility index (Phi) is 3.03. The van der Waals surface area contributed by atoms with Crippen molar-refractivity contribution in [3.05, 3.63) is 0 Å². The average Bonchev–Trinajstić information content (AvgIpc) is 2.71. The summed E-state index contributed by atoms with van der Waals surface area (Å²) in [4.78, 5) is 15.0. The van der Waals surface area contributed by atoms with E-state index in [2.05, 4.69) is 10.2 Å². The standard InChI is InChI=1S/C10H19N3O/c1-11-2-3-12-4-9-6-13(8-14)7-10(9)5-12/h8-11H,2-7H2,1H3. The number of fused-ring (bicyclic) bond motifs is 1.